The summed E-state index contributed by atoms with van der Waals surface area (Å²) in [6.07, 6.45) is 2.16. The molecule has 6 nitrogen and oxygen atoms in total. The van der Waals surface area contributed by atoms with Crippen LogP contribution in [0, 0.1) is 13.8 Å². The Hall–Kier alpha value is -3.16. The van der Waals surface area contributed by atoms with Crippen LogP contribution in [0.1, 0.15) is 41.1 Å². The first-order valence-corrected chi connectivity index (χ1v) is 11.9. The number of hydrogen-bond acceptors (Lipinski definition) is 4. The van der Waals surface area contributed by atoms with Crippen LogP contribution < -0.4 is 9.04 Å². The summed E-state index contributed by atoms with van der Waals surface area (Å²) in [4.78, 5) is 11.0. The third-order valence-electron chi connectivity index (χ3n) is 6.05. The number of ether oxygens (including phenoxy) is 1. The molecule has 0 aliphatic heterocycles. The second kappa shape index (κ2) is 9.77. The second-order valence-corrected chi connectivity index (χ2v) is 9.15. The summed E-state index contributed by atoms with van der Waals surface area (Å²) in [5, 5.41) is 8.97. The van der Waals surface area contributed by atoms with Crippen molar-refractivity contribution in [2.45, 2.75) is 39.2 Å². The molecule has 0 aromatic heterocycles. The largest absolute Gasteiger partial charge is 0.755 e. The molecule has 0 spiro atoms. The van der Waals surface area contributed by atoms with E-state index in [-0.39, 0.29) is 6.04 Å². The maximum Gasteiger partial charge on any atom is 0.341 e. The van der Waals surface area contributed by atoms with Crippen LogP contribution in [0.5, 0.6) is 5.75 Å². The molecule has 7 heteroatoms. The lowest BCUT2D eigenvalue weighted by atomic mass is 9.86. The SMILES string of the molecule is Cc1ccc(-c2ccc(N(C3CCCc4c(OCC(=O)O)cccc43)S(=O)[O-])cc2C)cc1. The van der Waals surface area contributed by atoms with Crippen molar-refractivity contribution in [3.63, 3.8) is 0 Å². The number of aliphatic carboxylic acids is 1. The first-order chi connectivity index (χ1) is 15.8. The van der Waals surface area contributed by atoms with Crippen LogP contribution >= 0.6 is 0 Å². The summed E-state index contributed by atoms with van der Waals surface area (Å²) >= 11 is -2.49. The number of carbonyl (C=O) groups is 1. The van der Waals surface area contributed by atoms with E-state index in [1.54, 1.807) is 12.1 Å². The van der Waals surface area contributed by atoms with Gasteiger partial charge in [0.25, 0.3) is 0 Å². The molecule has 0 fully saturated rings. The third-order valence-corrected chi connectivity index (χ3v) is 6.84. The van der Waals surface area contributed by atoms with Crippen LogP contribution in [0.4, 0.5) is 5.69 Å². The molecule has 2 unspecified atom stereocenters. The van der Waals surface area contributed by atoms with Crippen molar-refractivity contribution >= 4 is 22.9 Å². The molecule has 4 rings (SSSR count). The van der Waals surface area contributed by atoms with Crippen molar-refractivity contribution in [1.82, 2.24) is 0 Å². The summed E-state index contributed by atoms with van der Waals surface area (Å²) < 4.78 is 31.8. The van der Waals surface area contributed by atoms with E-state index in [9.17, 15) is 13.6 Å². The zero-order valence-corrected chi connectivity index (χ0v) is 19.4. The van der Waals surface area contributed by atoms with E-state index in [1.807, 2.05) is 38.1 Å². The topological polar surface area (TPSA) is 89.9 Å². The number of nitrogens with zero attached hydrogens (tertiary/aromatic N) is 1. The second-order valence-electron chi connectivity index (χ2n) is 8.32. The van der Waals surface area contributed by atoms with Crippen LogP contribution in [0.25, 0.3) is 11.1 Å². The minimum absolute atomic E-state index is 0.384. The van der Waals surface area contributed by atoms with E-state index < -0.39 is 23.8 Å². The summed E-state index contributed by atoms with van der Waals surface area (Å²) in [6.45, 7) is 3.59. The van der Waals surface area contributed by atoms with Crippen molar-refractivity contribution in [2.24, 2.45) is 0 Å². The fraction of sp³-hybridized carbons (Fsp3) is 0.269. The average molecular weight is 465 g/mol. The van der Waals surface area contributed by atoms with E-state index in [0.717, 1.165) is 34.2 Å². The molecule has 1 aliphatic carbocycles. The van der Waals surface area contributed by atoms with Gasteiger partial charge in [-0.05, 0) is 79.1 Å². The minimum atomic E-state index is -2.49. The molecule has 1 aliphatic rings. The molecular weight excluding hydrogens is 438 g/mol. The number of anilines is 1. The van der Waals surface area contributed by atoms with Gasteiger partial charge in [-0.2, -0.15) is 0 Å². The Kier molecular flexibility index (Phi) is 6.81. The standard InChI is InChI=1S/C26H27NO5S/c1-17-9-11-19(12-10-17)21-14-13-20(15-18(21)2)27(33(30)31)24-7-3-6-23-22(24)5-4-8-25(23)32-16-26(28)29/h4-5,8-15,24H,3,6-7,16H2,1-2H3,(H,28,29)(H,30,31)/p-1. The molecule has 0 bridgehead atoms. The molecular formula is C26H26NO5S-. The Bertz CT molecular complexity index is 1190. The van der Waals surface area contributed by atoms with E-state index >= 15 is 0 Å². The molecule has 0 amide bonds. The maximum absolute atomic E-state index is 12.4. The highest BCUT2D eigenvalue weighted by Gasteiger charge is 2.29. The normalized spacial score (nSPS) is 16.0. The fourth-order valence-corrected chi connectivity index (χ4v) is 5.23. The van der Waals surface area contributed by atoms with Crippen molar-refractivity contribution in [2.75, 3.05) is 10.9 Å². The predicted octanol–water partition coefficient (Wildman–Crippen LogP) is 5.11. The van der Waals surface area contributed by atoms with Crippen molar-refractivity contribution in [3.05, 3.63) is 82.9 Å². The van der Waals surface area contributed by atoms with Gasteiger partial charge in [-0.25, -0.2) is 4.79 Å². The molecule has 3 aromatic rings. The lowest BCUT2D eigenvalue weighted by molar-refractivity contribution is -0.139. The van der Waals surface area contributed by atoms with Gasteiger partial charge in [0.1, 0.15) is 5.75 Å². The average Bonchev–Trinajstić information content (AvgIpc) is 2.78. The van der Waals surface area contributed by atoms with E-state index in [0.29, 0.717) is 24.3 Å². The molecule has 2 atom stereocenters. The molecule has 0 saturated heterocycles. The van der Waals surface area contributed by atoms with Crippen molar-refractivity contribution in [3.8, 4) is 16.9 Å². The van der Waals surface area contributed by atoms with Gasteiger partial charge in [-0.1, -0.05) is 48.0 Å². The molecule has 3 aromatic carbocycles. The monoisotopic (exact) mass is 464 g/mol. The number of hydrogen-bond donors (Lipinski definition) is 1. The molecule has 33 heavy (non-hydrogen) atoms. The van der Waals surface area contributed by atoms with Gasteiger partial charge in [0.2, 0.25) is 0 Å². The number of carboxylic acids is 1. The summed E-state index contributed by atoms with van der Waals surface area (Å²) in [5.74, 6) is -0.548. The Morgan fingerprint density at radius 3 is 2.58 bits per heavy atom. The number of benzene rings is 3. The van der Waals surface area contributed by atoms with Gasteiger partial charge < -0.3 is 14.4 Å². The molecule has 0 heterocycles. The van der Waals surface area contributed by atoms with Gasteiger partial charge in [0.15, 0.2) is 6.61 Å². The van der Waals surface area contributed by atoms with Crippen LogP contribution in [0.2, 0.25) is 0 Å². The summed E-state index contributed by atoms with van der Waals surface area (Å²) in [5.41, 5.74) is 6.65. The Morgan fingerprint density at radius 1 is 1.15 bits per heavy atom. The summed E-state index contributed by atoms with van der Waals surface area (Å²) in [6, 6.07) is 19.0. The van der Waals surface area contributed by atoms with Crippen molar-refractivity contribution in [1.29, 1.82) is 0 Å². The lowest BCUT2D eigenvalue weighted by Crippen LogP contribution is -2.33. The highest BCUT2D eigenvalue weighted by molar-refractivity contribution is 7.80. The van der Waals surface area contributed by atoms with Crippen LogP contribution in [0.3, 0.4) is 0 Å². The zero-order valence-electron chi connectivity index (χ0n) is 18.6. The van der Waals surface area contributed by atoms with Gasteiger partial charge in [-0.3, -0.25) is 8.51 Å². The zero-order chi connectivity index (χ0) is 23.5. The van der Waals surface area contributed by atoms with E-state index in [1.165, 1.54) is 9.87 Å². The first-order valence-electron chi connectivity index (χ1n) is 10.9. The minimum Gasteiger partial charge on any atom is -0.755 e. The number of aryl methyl sites for hydroxylation is 2. The lowest BCUT2D eigenvalue weighted by Gasteiger charge is -2.38. The highest BCUT2D eigenvalue weighted by Crippen LogP contribution is 2.41. The van der Waals surface area contributed by atoms with Gasteiger partial charge in [0, 0.05) is 17.0 Å². The third kappa shape index (κ3) is 4.94. The Morgan fingerprint density at radius 2 is 1.91 bits per heavy atom. The smallest absolute Gasteiger partial charge is 0.341 e. The van der Waals surface area contributed by atoms with Gasteiger partial charge in [-0.15, -0.1) is 0 Å². The number of rotatable bonds is 7. The van der Waals surface area contributed by atoms with Crippen molar-refractivity contribution < 1.29 is 23.4 Å². The Balaban J connectivity index is 1.70. The quantitative estimate of drug-likeness (QED) is 0.491. The number of fused-ring (bicyclic) bond motifs is 1. The first kappa shape index (κ1) is 23.0. The Labute approximate surface area is 196 Å². The van der Waals surface area contributed by atoms with Gasteiger partial charge >= 0.3 is 5.97 Å². The number of carboxylic acid groups (broad SMARTS) is 1. The van der Waals surface area contributed by atoms with Crippen LogP contribution in [0.15, 0.2) is 60.7 Å². The van der Waals surface area contributed by atoms with Crippen LogP contribution in [-0.4, -0.2) is 26.4 Å². The fourth-order valence-electron chi connectivity index (χ4n) is 4.52. The van der Waals surface area contributed by atoms with E-state index in [2.05, 4.69) is 24.3 Å². The predicted molar refractivity (Wildman–Crippen MR) is 128 cm³/mol. The molecule has 1 N–H and O–H groups in total. The highest BCUT2D eigenvalue weighted by atomic mass is 32.2. The molecule has 0 radical (unpaired) electrons. The summed E-state index contributed by atoms with van der Waals surface area (Å²) in [7, 11) is 0. The maximum atomic E-state index is 12.4. The van der Waals surface area contributed by atoms with Gasteiger partial charge in [0.05, 0.1) is 6.04 Å². The molecule has 172 valence electrons. The molecule has 0 saturated carbocycles. The van der Waals surface area contributed by atoms with Crippen LogP contribution in [-0.2, 0) is 22.5 Å². The van der Waals surface area contributed by atoms with E-state index in [4.69, 9.17) is 9.84 Å².